The van der Waals surface area contributed by atoms with Crippen molar-refractivity contribution in [3.8, 4) is 0 Å². The predicted molar refractivity (Wildman–Crippen MR) is 69.0 cm³/mol. The summed E-state index contributed by atoms with van der Waals surface area (Å²) in [6.07, 6.45) is 0. The summed E-state index contributed by atoms with van der Waals surface area (Å²) in [6, 6.07) is 7.85. The fourth-order valence-corrected chi connectivity index (χ4v) is 1.63. The zero-order chi connectivity index (χ0) is 12.8. The Morgan fingerprint density at radius 2 is 1.94 bits per heavy atom. The first-order valence-corrected chi connectivity index (χ1v) is 5.99. The Hall–Kier alpha value is -1.06. The molecule has 0 bridgehead atoms. The molecular weight excluding hydrogens is 238 g/mol. The van der Waals surface area contributed by atoms with Gasteiger partial charge in [-0.3, -0.25) is 4.79 Å². The molecule has 1 aromatic carbocycles. The van der Waals surface area contributed by atoms with Gasteiger partial charge in [0.2, 0.25) is 0 Å². The first kappa shape index (κ1) is 14.0. The zero-order valence-electron chi connectivity index (χ0n) is 10.4. The third-order valence-electron chi connectivity index (χ3n) is 2.70. The second kappa shape index (κ2) is 6.62. The van der Waals surface area contributed by atoms with Gasteiger partial charge in [0.1, 0.15) is 0 Å². The first-order chi connectivity index (χ1) is 8.04. The smallest absolute Gasteiger partial charge is 0.309 e. The summed E-state index contributed by atoms with van der Waals surface area (Å²) in [5.74, 6) is -0.337. The number of esters is 1. The Balaban J connectivity index is 2.47. The summed E-state index contributed by atoms with van der Waals surface area (Å²) < 4.78 is 4.67. The highest BCUT2D eigenvalue weighted by molar-refractivity contribution is 6.30. The number of hydrogen-bond acceptors (Lipinski definition) is 3. The van der Waals surface area contributed by atoms with E-state index in [1.165, 1.54) is 7.11 Å². The number of methoxy groups -OCH3 is 1. The highest BCUT2D eigenvalue weighted by Crippen LogP contribution is 2.16. The van der Waals surface area contributed by atoms with Crippen molar-refractivity contribution in [3.05, 3.63) is 34.9 Å². The second-order valence-electron chi connectivity index (χ2n) is 4.11. The van der Waals surface area contributed by atoms with Crippen LogP contribution in [-0.4, -0.2) is 19.6 Å². The molecule has 0 radical (unpaired) electrons. The van der Waals surface area contributed by atoms with E-state index in [0.29, 0.717) is 6.54 Å². The lowest BCUT2D eigenvalue weighted by Crippen LogP contribution is -2.29. The van der Waals surface area contributed by atoms with Crippen molar-refractivity contribution < 1.29 is 9.53 Å². The number of carbonyl (C=O) groups is 1. The van der Waals surface area contributed by atoms with Gasteiger partial charge < -0.3 is 10.1 Å². The Morgan fingerprint density at radius 3 is 2.47 bits per heavy atom. The van der Waals surface area contributed by atoms with Gasteiger partial charge in [0.05, 0.1) is 13.0 Å². The molecule has 1 aromatic rings. The normalized spacial score (nSPS) is 14.1. The van der Waals surface area contributed by atoms with Crippen molar-refractivity contribution in [2.75, 3.05) is 13.7 Å². The van der Waals surface area contributed by atoms with Crippen LogP contribution in [0.15, 0.2) is 24.3 Å². The first-order valence-electron chi connectivity index (χ1n) is 5.61. The molecular formula is C13H18ClNO2. The molecule has 1 unspecified atom stereocenters. The molecule has 0 saturated heterocycles. The monoisotopic (exact) mass is 255 g/mol. The van der Waals surface area contributed by atoms with Crippen LogP contribution in [0.2, 0.25) is 5.02 Å². The number of rotatable bonds is 5. The summed E-state index contributed by atoms with van der Waals surface area (Å²) in [4.78, 5) is 11.2. The van der Waals surface area contributed by atoms with E-state index >= 15 is 0 Å². The highest BCUT2D eigenvalue weighted by Gasteiger charge is 2.14. The quantitative estimate of drug-likeness (QED) is 0.823. The van der Waals surface area contributed by atoms with Crippen molar-refractivity contribution in [3.63, 3.8) is 0 Å². The largest absolute Gasteiger partial charge is 0.469 e. The molecule has 0 aliphatic heterocycles. The molecule has 0 aliphatic rings. The maximum atomic E-state index is 11.2. The number of hydrogen-bond donors (Lipinski definition) is 1. The topological polar surface area (TPSA) is 38.3 Å². The number of ether oxygens (including phenoxy) is 1. The molecule has 17 heavy (non-hydrogen) atoms. The summed E-state index contributed by atoms with van der Waals surface area (Å²) >= 11 is 5.82. The Kier molecular flexibility index (Phi) is 5.45. The van der Waals surface area contributed by atoms with E-state index in [1.54, 1.807) is 0 Å². The summed E-state index contributed by atoms with van der Waals surface area (Å²) in [5.41, 5.74) is 1.14. The second-order valence-corrected chi connectivity index (χ2v) is 4.54. The van der Waals surface area contributed by atoms with E-state index < -0.39 is 0 Å². The van der Waals surface area contributed by atoms with Crippen LogP contribution in [-0.2, 0) is 9.53 Å². The van der Waals surface area contributed by atoms with E-state index in [4.69, 9.17) is 11.6 Å². The van der Waals surface area contributed by atoms with Gasteiger partial charge in [0.15, 0.2) is 0 Å². The van der Waals surface area contributed by atoms with Crippen LogP contribution in [0.5, 0.6) is 0 Å². The van der Waals surface area contributed by atoms with Gasteiger partial charge >= 0.3 is 5.97 Å². The zero-order valence-corrected chi connectivity index (χ0v) is 11.1. The third kappa shape index (κ3) is 4.36. The maximum absolute atomic E-state index is 11.2. The minimum atomic E-state index is -0.194. The van der Waals surface area contributed by atoms with E-state index in [1.807, 2.05) is 38.1 Å². The van der Waals surface area contributed by atoms with Crippen LogP contribution < -0.4 is 5.32 Å². The lowest BCUT2D eigenvalue weighted by Gasteiger charge is -2.16. The number of benzene rings is 1. The maximum Gasteiger partial charge on any atom is 0.309 e. The molecule has 4 heteroatoms. The van der Waals surface area contributed by atoms with Crippen molar-refractivity contribution >= 4 is 17.6 Å². The van der Waals surface area contributed by atoms with Crippen LogP contribution >= 0.6 is 11.6 Å². The van der Waals surface area contributed by atoms with Gasteiger partial charge in [0.25, 0.3) is 0 Å². The molecule has 0 heterocycles. The summed E-state index contributed by atoms with van der Waals surface area (Å²) in [5, 5.41) is 4.02. The molecule has 1 rings (SSSR count). The van der Waals surface area contributed by atoms with Crippen LogP contribution in [0.1, 0.15) is 25.5 Å². The number of carbonyl (C=O) groups excluding carboxylic acids is 1. The molecule has 3 nitrogen and oxygen atoms in total. The Bertz CT molecular complexity index is 364. The molecule has 0 amide bonds. The lowest BCUT2D eigenvalue weighted by atomic mass is 10.1. The van der Waals surface area contributed by atoms with E-state index in [-0.39, 0.29) is 17.9 Å². The van der Waals surface area contributed by atoms with Crippen LogP contribution in [0.4, 0.5) is 0 Å². The number of halogens is 1. The summed E-state index contributed by atoms with van der Waals surface area (Å²) in [7, 11) is 1.40. The molecule has 0 aromatic heterocycles. The average molecular weight is 256 g/mol. The van der Waals surface area contributed by atoms with Crippen molar-refractivity contribution in [2.45, 2.75) is 19.9 Å². The van der Waals surface area contributed by atoms with Crippen LogP contribution in [0, 0.1) is 5.92 Å². The molecule has 94 valence electrons. The molecule has 0 fully saturated rings. The van der Waals surface area contributed by atoms with E-state index in [2.05, 4.69) is 10.1 Å². The minimum Gasteiger partial charge on any atom is -0.469 e. The van der Waals surface area contributed by atoms with Gasteiger partial charge in [-0.05, 0) is 24.6 Å². The molecule has 0 spiro atoms. The van der Waals surface area contributed by atoms with Gasteiger partial charge in [-0.25, -0.2) is 0 Å². The van der Waals surface area contributed by atoms with E-state index in [9.17, 15) is 4.79 Å². The molecule has 1 N–H and O–H groups in total. The minimum absolute atomic E-state index is 0.144. The third-order valence-corrected chi connectivity index (χ3v) is 2.96. The standard InChI is InChI=1S/C13H18ClNO2/c1-9(13(16)17-3)8-15-10(2)11-4-6-12(14)7-5-11/h4-7,9-10,15H,8H2,1-3H3/t9?,10-/m0/s1. The molecule has 2 atom stereocenters. The van der Waals surface area contributed by atoms with Crippen molar-refractivity contribution in [1.82, 2.24) is 5.32 Å². The average Bonchev–Trinajstić information content (AvgIpc) is 2.35. The molecule has 0 saturated carbocycles. The SMILES string of the molecule is COC(=O)C(C)CN[C@@H](C)c1ccc(Cl)cc1. The van der Waals surface area contributed by atoms with Gasteiger partial charge in [-0.2, -0.15) is 0 Å². The highest BCUT2D eigenvalue weighted by atomic mass is 35.5. The van der Waals surface area contributed by atoms with Gasteiger partial charge in [-0.15, -0.1) is 0 Å². The Labute approximate surface area is 107 Å². The fraction of sp³-hybridized carbons (Fsp3) is 0.462. The Morgan fingerprint density at radius 1 is 1.35 bits per heavy atom. The van der Waals surface area contributed by atoms with E-state index in [0.717, 1.165) is 10.6 Å². The van der Waals surface area contributed by atoms with Crippen molar-refractivity contribution in [1.29, 1.82) is 0 Å². The molecule has 0 aliphatic carbocycles. The lowest BCUT2D eigenvalue weighted by molar-refractivity contribution is -0.144. The van der Waals surface area contributed by atoms with Crippen LogP contribution in [0.25, 0.3) is 0 Å². The number of nitrogens with one attached hydrogen (secondary N) is 1. The van der Waals surface area contributed by atoms with Gasteiger partial charge in [0, 0.05) is 17.6 Å². The van der Waals surface area contributed by atoms with Gasteiger partial charge in [-0.1, -0.05) is 30.7 Å². The summed E-state index contributed by atoms with van der Waals surface area (Å²) in [6.45, 7) is 4.48. The predicted octanol–water partition coefficient (Wildman–Crippen LogP) is 2.80. The van der Waals surface area contributed by atoms with Crippen molar-refractivity contribution in [2.24, 2.45) is 5.92 Å². The fourth-order valence-electron chi connectivity index (χ4n) is 1.51. The van der Waals surface area contributed by atoms with Crippen LogP contribution in [0.3, 0.4) is 0 Å².